The number of aromatic nitrogens is 4. The van der Waals surface area contributed by atoms with Crippen LogP contribution in [0.25, 0.3) is 0 Å². The molecule has 2 aromatic carbocycles. The number of nitrogens with zero attached hydrogens (tertiary/aromatic N) is 6. The SMILES string of the molecule is COc1cc(C(C)C)c(Oc2cnc(N)nc2N)cc1/C(N)=N/O.COc1cc(C(C)C)c(Oc2cnc(N)nc2N)cc1C#N. The van der Waals surface area contributed by atoms with Crippen LogP contribution in [-0.2, 0) is 0 Å². The normalized spacial score (nSPS) is 11.0. The molecule has 242 valence electrons. The third kappa shape index (κ3) is 8.02. The first-order valence-electron chi connectivity index (χ1n) is 13.8. The van der Waals surface area contributed by atoms with Crippen LogP contribution in [-0.4, -0.2) is 45.2 Å². The lowest BCUT2D eigenvalue weighted by molar-refractivity contribution is 0.318. The second kappa shape index (κ2) is 15.0. The molecule has 2 heterocycles. The van der Waals surface area contributed by atoms with Gasteiger partial charge in [0, 0.05) is 17.2 Å². The topological polar surface area (TPSA) is 275 Å². The Balaban J connectivity index is 0.000000251. The van der Waals surface area contributed by atoms with E-state index >= 15 is 0 Å². The van der Waals surface area contributed by atoms with Gasteiger partial charge in [0.15, 0.2) is 29.0 Å². The summed E-state index contributed by atoms with van der Waals surface area (Å²) in [7, 11) is 3.02. The van der Waals surface area contributed by atoms with Gasteiger partial charge in [-0.1, -0.05) is 32.9 Å². The number of oxime groups is 1. The van der Waals surface area contributed by atoms with E-state index in [0.717, 1.165) is 11.1 Å². The van der Waals surface area contributed by atoms with Crippen molar-refractivity contribution in [2.45, 2.75) is 39.5 Å². The van der Waals surface area contributed by atoms with Crippen LogP contribution in [0.1, 0.15) is 61.8 Å². The largest absolute Gasteiger partial charge is 0.496 e. The number of hydrogen-bond acceptors (Lipinski definition) is 15. The molecule has 0 aliphatic heterocycles. The van der Waals surface area contributed by atoms with E-state index in [1.165, 1.54) is 26.6 Å². The van der Waals surface area contributed by atoms with Crippen LogP contribution >= 0.6 is 0 Å². The highest BCUT2D eigenvalue weighted by molar-refractivity contribution is 6.00. The molecule has 0 aliphatic carbocycles. The van der Waals surface area contributed by atoms with Gasteiger partial charge in [0.25, 0.3) is 0 Å². The van der Waals surface area contributed by atoms with Gasteiger partial charge in [-0.3, -0.25) is 0 Å². The van der Waals surface area contributed by atoms with Crippen LogP contribution in [0.4, 0.5) is 23.5 Å². The van der Waals surface area contributed by atoms with Crippen molar-refractivity contribution in [3.63, 3.8) is 0 Å². The second-order valence-electron chi connectivity index (χ2n) is 10.2. The number of anilines is 4. The monoisotopic (exact) mass is 631 g/mol. The van der Waals surface area contributed by atoms with Gasteiger partial charge in [0.2, 0.25) is 11.9 Å². The van der Waals surface area contributed by atoms with Crippen molar-refractivity contribution in [1.82, 2.24) is 19.9 Å². The molecule has 46 heavy (non-hydrogen) atoms. The van der Waals surface area contributed by atoms with Gasteiger partial charge in [-0.15, -0.1) is 0 Å². The summed E-state index contributed by atoms with van der Waals surface area (Å²) >= 11 is 0. The lowest BCUT2D eigenvalue weighted by Crippen LogP contribution is -2.15. The first-order valence-corrected chi connectivity index (χ1v) is 13.8. The van der Waals surface area contributed by atoms with Crippen molar-refractivity contribution < 1.29 is 24.2 Å². The summed E-state index contributed by atoms with van der Waals surface area (Å²) in [6.45, 7) is 8.01. The zero-order valence-electron chi connectivity index (χ0n) is 26.3. The predicted molar refractivity (Wildman–Crippen MR) is 173 cm³/mol. The number of hydrogen-bond donors (Lipinski definition) is 6. The van der Waals surface area contributed by atoms with Gasteiger partial charge in [0.05, 0.1) is 37.7 Å². The molecule has 0 saturated carbocycles. The quantitative estimate of drug-likeness (QED) is 0.0656. The zero-order valence-corrected chi connectivity index (χ0v) is 26.3. The van der Waals surface area contributed by atoms with Gasteiger partial charge in [-0.25, -0.2) is 9.97 Å². The van der Waals surface area contributed by atoms with E-state index in [9.17, 15) is 5.26 Å². The molecule has 2 aromatic heterocycles. The summed E-state index contributed by atoms with van der Waals surface area (Å²) < 4.78 is 22.2. The van der Waals surface area contributed by atoms with E-state index in [2.05, 4.69) is 31.2 Å². The van der Waals surface area contributed by atoms with Gasteiger partial charge in [0.1, 0.15) is 29.1 Å². The fourth-order valence-electron chi connectivity index (χ4n) is 4.10. The fourth-order valence-corrected chi connectivity index (χ4v) is 4.10. The molecule has 0 saturated heterocycles. The molecular formula is C30H37N11O5. The van der Waals surface area contributed by atoms with E-state index in [1.807, 2.05) is 27.7 Å². The highest BCUT2D eigenvalue weighted by Crippen LogP contribution is 2.38. The first kappa shape index (κ1) is 34.3. The Hall–Kier alpha value is -6.24. The molecule has 0 bridgehead atoms. The molecule has 4 aromatic rings. The number of nitrogen functional groups attached to an aromatic ring is 4. The minimum Gasteiger partial charge on any atom is -0.496 e. The summed E-state index contributed by atoms with van der Waals surface area (Å²) in [5.74, 6) is 3.01. The van der Waals surface area contributed by atoms with Crippen molar-refractivity contribution in [1.29, 1.82) is 5.26 Å². The summed E-state index contributed by atoms with van der Waals surface area (Å²) in [6, 6.07) is 8.85. The van der Waals surface area contributed by atoms with Crippen molar-refractivity contribution in [3.05, 3.63) is 58.9 Å². The van der Waals surface area contributed by atoms with E-state index in [0.29, 0.717) is 34.1 Å². The van der Waals surface area contributed by atoms with Crippen LogP contribution < -0.4 is 47.6 Å². The number of benzene rings is 2. The lowest BCUT2D eigenvalue weighted by Gasteiger charge is -2.18. The van der Waals surface area contributed by atoms with Crippen molar-refractivity contribution in [2.75, 3.05) is 37.2 Å². The van der Waals surface area contributed by atoms with Gasteiger partial charge in [-0.2, -0.15) is 15.2 Å². The van der Waals surface area contributed by atoms with Gasteiger partial charge < -0.3 is 52.8 Å². The Morgan fingerprint density at radius 3 is 1.59 bits per heavy atom. The Kier molecular flexibility index (Phi) is 11.1. The van der Waals surface area contributed by atoms with Crippen LogP contribution in [0.2, 0.25) is 0 Å². The molecule has 0 aliphatic rings. The van der Waals surface area contributed by atoms with Crippen LogP contribution in [0, 0.1) is 11.3 Å². The average molecular weight is 632 g/mol. The minimum absolute atomic E-state index is 0.0519. The molecule has 16 nitrogen and oxygen atoms in total. The molecule has 4 rings (SSSR count). The molecule has 0 spiro atoms. The third-order valence-electron chi connectivity index (χ3n) is 6.45. The lowest BCUT2D eigenvalue weighted by atomic mass is 9.99. The maximum absolute atomic E-state index is 9.21. The first-order chi connectivity index (χ1) is 21.8. The predicted octanol–water partition coefficient (Wildman–Crippen LogP) is 4.10. The Labute approximate surface area is 265 Å². The van der Waals surface area contributed by atoms with Crippen molar-refractivity contribution in [3.8, 4) is 40.6 Å². The molecular weight excluding hydrogens is 594 g/mol. The molecule has 0 unspecified atom stereocenters. The summed E-state index contributed by atoms with van der Waals surface area (Å²) in [5.41, 5.74) is 30.7. The number of ether oxygens (including phenoxy) is 4. The number of amidine groups is 1. The Morgan fingerprint density at radius 2 is 1.20 bits per heavy atom. The van der Waals surface area contributed by atoms with Crippen LogP contribution in [0.5, 0.6) is 34.5 Å². The average Bonchev–Trinajstić information content (AvgIpc) is 3.02. The second-order valence-corrected chi connectivity index (χ2v) is 10.2. The molecule has 0 radical (unpaired) electrons. The molecule has 0 fully saturated rings. The van der Waals surface area contributed by atoms with Crippen molar-refractivity contribution >= 4 is 29.4 Å². The highest BCUT2D eigenvalue weighted by atomic mass is 16.5. The Bertz CT molecular complexity index is 1770. The number of nitriles is 1. The zero-order chi connectivity index (χ0) is 34.1. The minimum atomic E-state index is -0.103. The molecule has 16 heteroatoms. The summed E-state index contributed by atoms with van der Waals surface area (Å²) in [4.78, 5) is 15.4. The summed E-state index contributed by atoms with van der Waals surface area (Å²) in [6.07, 6.45) is 2.78. The molecule has 11 N–H and O–H groups in total. The fraction of sp³-hybridized carbons (Fsp3) is 0.267. The summed E-state index contributed by atoms with van der Waals surface area (Å²) in [5, 5.41) is 21.2. The number of nitrogens with two attached hydrogens (primary N) is 5. The number of rotatable bonds is 9. The van der Waals surface area contributed by atoms with Crippen molar-refractivity contribution in [2.24, 2.45) is 10.9 Å². The standard InChI is InChI=1S/C15H20N6O3.C15H17N5O2/c1-7(2)8-4-10(23-3)9(13(16)21-22)5-11(8)24-12-6-19-15(18)20-14(12)17;1-8(2)10-5-11(21-3)9(6-16)4-12(10)22-13-7-19-15(18)20-14(13)17/h4-7,22H,1-3H3,(H2,16,21)(H4,17,18,19,20);4-5,7-8H,1-3H3,(H4,17,18,19,20). The molecule has 0 atom stereocenters. The molecule has 0 amide bonds. The maximum atomic E-state index is 9.21. The third-order valence-corrected chi connectivity index (χ3v) is 6.45. The van der Waals surface area contributed by atoms with Gasteiger partial charge >= 0.3 is 0 Å². The van der Waals surface area contributed by atoms with E-state index in [1.54, 1.807) is 24.3 Å². The Morgan fingerprint density at radius 1 is 0.739 bits per heavy atom. The maximum Gasteiger partial charge on any atom is 0.222 e. The van der Waals surface area contributed by atoms with Crippen LogP contribution in [0.3, 0.4) is 0 Å². The van der Waals surface area contributed by atoms with E-state index in [4.69, 9.17) is 52.8 Å². The van der Waals surface area contributed by atoms with E-state index in [-0.39, 0.29) is 52.7 Å². The highest BCUT2D eigenvalue weighted by Gasteiger charge is 2.19. The van der Waals surface area contributed by atoms with Gasteiger partial charge in [-0.05, 0) is 30.0 Å². The van der Waals surface area contributed by atoms with Crippen LogP contribution in [0.15, 0.2) is 41.8 Å². The smallest absolute Gasteiger partial charge is 0.222 e. The van der Waals surface area contributed by atoms with E-state index < -0.39 is 0 Å². The number of methoxy groups -OCH3 is 2.